The molecular formula is C8H16S. The van der Waals surface area contributed by atoms with E-state index in [1.54, 1.807) is 0 Å². The number of rotatable bonds is 2. The highest BCUT2D eigenvalue weighted by Crippen LogP contribution is 2.48. The molecule has 0 saturated heterocycles. The molecule has 0 aliphatic heterocycles. The molecule has 0 nitrogen and oxygen atoms in total. The van der Waals surface area contributed by atoms with E-state index in [2.05, 4.69) is 26.5 Å². The highest BCUT2D eigenvalue weighted by molar-refractivity contribution is 7.81. The van der Waals surface area contributed by atoms with Crippen LogP contribution in [0.4, 0.5) is 0 Å². The van der Waals surface area contributed by atoms with E-state index in [9.17, 15) is 0 Å². The Balaban J connectivity index is 2.36. The fourth-order valence-electron chi connectivity index (χ4n) is 1.77. The molecule has 0 bridgehead atoms. The zero-order chi connectivity index (χ0) is 6.91. The Hall–Kier alpha value is 0.350. The van der Waals surface area contributed by atoms with Crippen LogP contribution in [-0.2, 0) is 0 Å². The van der Waals surface area contributed by atoms with Crippen LogP contribution in [0, 0.1) is 5.41 Å². The lowest BCUT2D eigenvalue weighted by atomic mass is 9.65. The van der Waals surface area contributed by atoms with Gasteiger partial charge in [0, 0.05) is 5.25 Å². The van der Waals surface area contributed by atoms with E-state index in [4.69, 9.17) is 0 Å². The second-order valence-corrected chi connectivity index (χ2v) is 4.00. The monoisotopic (exact) mass is 144 g/mol. The van der Waals surface area contributed by atoms with Crippen LogP contribution in [0.15, 0.2) is 0 Å². The van der Waals surface area contributed by atoms with Gasteiger partial charge in [-0.05, 0) is 18.3 Å². The summed E-state index contributed by atoms with van der Waals surface area (Å²) in [5, 5.41) is 0.713. The third kappa shape index (κ3) is 1.26. The summed E-state index contributed by atoms with van der Waals surface area (Å²) < 4.78 is 0. The van der Waals surface area contributed by atoms with Crippen LogP contribution in [0.25, 0.3) is 0 Å². The molecule has 0 N–H and O–H groups in total. The molecule has 0 radical (unpaired) electrons. The molecule has 1 heteroatoms. The van der Waals surface area contributed by atoms with E-state index in [-0.39, 0.29) is 0 Å². The normalized spacial score (nSPS) is 25.7. The zero-order valence-electron chi connectivity index (χ0n) is 6.35. The van der Waals surface area contributed by atoms with Crippen LogP contribution in [0.1, 0.15) is 39.5 Å². The summed E-state index contributed by atoms with van der Waals surface area (Å²) in [7, 11) is 0. The Kier molecular flexibility index (Phi) is 2.10. The van der Waals surface area contributed by atoms with Crippen molar-refractivity contribution in [2.45, 2.75) is 44.8 Å². The van der Waals surface area contributed by atoms with Gasteiger partial charge >= 0.3 is 0 Å². The molecule has 9 heavy (non-hydrogen) atoms. The van der Waals surface area contributed by atoms with E-state index in [0.717, 1.165) is 0 Å². The minimum Gasteiger partial charge on any atom is -0.176 e. The predicted molar refractivity (Wildman–Crippen MR) is 45.0 cm³/mol. The van der Waals surface area contributed by atoms with Gasteiger partial charge in [0.1, 0.15) is 0 Å². The van der Waals surface area contributed by atoms with Crippen molar-refractivity contribution in [2.24, 2.45) is 5.41 Å². The van der Waals surface area contributed by atoms with E-state index in [0.29, 0.717) is 10.7 Å². The van der Waals surface area contributed by atoms with Crippen LogP contribution in [0.5, 0.6) is 0 Å². The second-order valence-electron chi connectivity index (χ2n) is 3.27. The Bertz CT molecular complexity index is 86.7. The molecule has 0 atom stereocenters. The lowest BCUT2D eigenvalue weighted by Crippen LogP contribution is -2.36. The standard InChI is InChI=1S/C8H16S/c1-3-8(4-2)5-7(9)6-8/h7,9H,3-6H2,1-2H3. The van der Waals surface area contributed by atoms with Crippen molar-refractivity contribution >= 4 is 12.6 Å². The first-order valence-corrected chi connectivity index (χ1v) is 4.42. The van der Waals surface area contributed by atoms with Crippen molar-refractivity contribution in [1.29, 1.82) is 0 Å². The van der Waals surface area contributed by atoms with Gasteiger partial charge < -0.3 is 0 Å². The molecule has 0 heterocycles. The fourth-order valence-corrected chi connectivity index (χ4v) is 2.54. The van der Waals surface area contributed by atoms with Gasteiger partial charge in [0.05, 0.1) is 0 Å². The minimum absolute atomic E-state index is 0.701. The summed E-state index contributed by atoms with van der Waals surface area (Å²) in [6, 6.07) is 0. The number of hydrogen-bond acceptors (Lipinski definition) is 1. The SMILES string of the molecule is CCC1(CC)CC(S)C1. The molecule has 0 spiro atoms. The quantitative estimate of drug-likeness (QED) is 0.566. The smallest absolute Gasteiger partial charge is 0.00273 e. The summed E-state index contributed by atoms with van der Waals surface area (Å²) in [4.78, 5) is 0. The molecule has 1 fully saturated rings. The van der Waals surface area contributed by atoms with Crippen molar-refractivity contribution in [2.75, 3.05) is 0 Å². The summed E-state index contributed by atoms with van der Waals surface area (Å²) in [5.41, 5.74) is 0.701. The van der Waals surface area contributed by atoms with E-state index in [1.165, 1.54) is 25.7 Å². The largest absolute Gasteiger partial charge is 0.176 e. The van der Waals surface area contributed by atoms with Gasteiger partial charge in [-0.2, -0.15) is 12.6 Å². The van der Waals surface area contributed by atoms with E-state index >= 15 is 0 Å². The summed E-state index contributed by atoms with van der Waals surface area (Å²) in [6.45, 7) is 4.59. The molecule has 54 valence electrons. The average molecular weight is 144 g/mol. The first kappa shape index (κ1) is 7.46. The lowest BCUT2D eigenvalue weighted by molar-refractivity contribution is 0.131. The van der Waals surface area contributed by atoms with Crippen molar-refractivity contribution in [3.05, 3.63) is 0 Å². The summed E-state index contributed by atoms with van der Waals surface area (Å²) in [5.74, 6) is 0. The van der Waals surface area contributed by atoms with Gasteiger partial charge in [-0.1, -0.05) is 26.7 Å². The molecule has 1 aliphatic rings. The van der Waals surface area contributed by atoms with Crippen LogP contribution < -0.4 is 0 Å². The van der Waals surface area contributed by atoms with Gasteiger partial charge in [0.25, 0.3) is 0 Å². The third-order valence-corrected chi connectivity index (χ3v) is 3.20. The first-order chi connectivity index (χ1) is 4.22. The zero-order valence-corrected chi connectivity index (χ0v) is 7.25. The summed E-state index contributed by atoms with van der Waals surface area (Å²) >= 11 is 4.41. The number of thiol groups is 1. The van der Waals surface area contributed by atoms with Crippen molar-refractivity contribution < 1.29 is 0 Å². The molecule has 1 rings (SSSR count). The minimum atomic E-state index is 0.701. The number of hydrogen-bond donors (Lipinski definition) is 1. The van der Waals surface area contributed by atoms with Crippen LogP contribution in [0.2, 0.25) is 0 Å². The van der Waals surface area contributed by atoms with Crippen molar-refractivity contribution in [3.8, 4) is 0 Å². The lowest BCUT2D eigenvalue weighted by Gasteiger charge is -2.45. The maximum Gasteiger partial charge on any atom is 0.00273 e. The molecule has 0 amide bonds. The van der Waals surface area contributed by atoms with Crippen LogP contribution in [0.3, 0.4) is 0 Å². The predicted octanol–water partition coefficient (Wildman–Crippen LogP) is 2.89. The molecular weight excluding hydrogens is 128 g/mol. The summed E-state index contributed by atoms with van der Waals surface area (Å²) in [6.07, 6.45) is 5.40. The maximum atomic E-state index is 4.41. The first-order valence-electron chi connectivity index (χ1n) is 3.90. The molecule has 0 aromatic carbocycles. The Morgan fingerprint density at radius 3 is 1.89 bits per heavy atom. The Labute approximate surface area is 63.4 Å². The second kappa shape index (κ2) is 2.53. The highest BCUT2D eigenvalue weighted by Gasteiger charge is 2.38. The van der Waals surface area contributed by atoms with Gasteiger partial charge in [-0.3, -0.25) is 0 Å². The van der Waals surface area contributed by atoms with Gasteiger partial charge in [-0.15, -0.1) is 0 Å². The molecule has 0 aromatic heterocycles. The molecule has 0 unspecified atom stereocenters. The Morgan fingerprint density at radius 2 is 1.78 bits per heavy atom. The maximum absolute atomic E-state index is 4.41. The fraction of sp³-hybridized carbons (Fsp3) is 1.00. The van der Waals surface area contributed by atoms with Crippen molar-refractivity contribution in [3.63, 3.8) is 0 Å². The molecule has 1 aliphatic carbocycles. The van der Waals surface area contributed by atoms with Gasteiger partial charge in [0.2, 0.25) is 0 Å². The molecule has 1 saturated carbocycles. The van der Waals surface area contributed by atoms with E-state index < -0.39 is 0 Å². The van der Waals surface area contributed by atoms with E-state index in [1.807, 2.05) is 0 Å². The van der Waals surface area contributed by atoms with Crippen LogP contribution >= 0.6 is 12.6 Å². The average Bonchev–Trinajstić information content (AvgIpc) is 1.81. The van der Waals surface area contributed by atoms with Crippen LogP contribution in [-0.4, -0.2) is 5.25 Å². The third-order valence-electron chi connectivity index (χ3n) is 2.84. The van der Waals surface area contributed by atoms with Crippen molar-refractivity contribution in [1.82, 2.24) is 0 Å². The Morgan fingerprint density at radius 1 is 1.33 bits per heavy atom. The van der Waals surface area contributed by atoms with Gasteiger partial charge in [0.15, 0.2) is 0 Å². The van der Waals surface area contributed by atoms with Gasteiger partial charge in [-0.25, -0.2) is 0 Å². The topological polar surface area (TPSA) is 0 Å². The molecule has 0 aromatic rings. The highest BCUT2D eigenvalue weighted by atomic mass is 32.1.